The Kier molecular flexibility index (Phi) is 4.62. The van der Waals surface area contributed by atoms with Crippen LogP contribution in [0.25, 0.3) is 0 Å². The van der Waals surface area contributed by atoms with E-state index in [1.807, 2.05) is 6.92 Å². The summed E-state index contributed by atoms with van der Waals surface area (Å²) < 4.78 is 4.96. The first kappa shape index (κ1) is 12.2. The van der Waals surface area contributed by atoms with Crippen LogP contribution in [-0.2, 0) is 4.74 Å². The zero-order chi connectivity index (χ0) is 10.7. The zero-order valence-corrected chi connectivity index (χ0v) is 8.72. The molecule has 84 valence electrons. The van der Waals surface area contributed by atoms with Gasteiger partial charge < -0.3 is 25.2 Å². The Balaban J connectivity index is 2.63. The summed E-state index contributed by atoms with van der Waals surface area (Å²) >= 11 is 1.32. The minimum absolute atomic E-state index is 0.418. The highest BCUT2D eigenvalue weighted by Gasteiger charge is 2.43. The number of thioether (sulfide) groups is 1. The summed E-state index contributed by atoms with van der Waals surface area (Å²) in [5, 5.41) is 36.8. The number of hydrogen-bond donors (Lipinski definition) is 4. The largest absolute Gasteiger partial charge is 0.394 e. The Hall–Kier alpha value is 0.150. The van der Waals surface area contributed by atoms with Gasteiger partial charge in [-0.25, -0.2) is 0 Å². The maximum Gasteiger partial charge on any atom is 0.169 e. The van der Waals surface area contributed by atoms with Gasteiger partial charge in [0.05, 0.1) is 18.0 Å². The highest BCUT2D eigenvalue weighted by atomic mass is 32.2. The maximum absolute atomic E-state index is 9.62. The highest BCUT2D eigenvalue weighted by Crippen LogP contribution is 2.28. The number of aliphatic hydroxyl groups excluding tert-OH is 4. The Bertz CT molecular complexity index is 179. The molecular weight excluding hydrogens is 208 g/mol. The predicted molar refractivity (Wildman–Crippen MR) is 51.9 cm³/mol. The van der Waals surface area contributed by atoms with Crippen LogP contribution in [0.2, 0.25) is 0 Å². The van der Waals surface area contributed by atoms with E-state index in [4.69, 9.17) is 9.84 Å². The van der Waals surface area contributed by atoms with Gasteiger partial charge in [0.15, 0.2) is 6.29 Å². The van der Waals surface area contributed by atoms with Crippen molar-refractivity contribution >= 4 is 11.8 Å². The standard InChI is InChI=1S/C8H16O5S/c1-2-14-7-6(11)5(10)4(3-9)13-8(7)12/h4-12H,2-3H2,1H3/t4-,5+,6+,7-,8-/m0/s1. The first-order chi connectivity index (χ1) is 6.61. The lowest BCUT2D eigenvalue weighted by Crippen LogP contribution is -2.57. The third-order valence-electron chi connectivity index (χ3n) is 2.20. The van der Waals surface area contributed by atoms with Crippen LogP contribution in [0.4, 0.5) is 0 Å². The average Bonchev–Trinajstić information content (AvgIpc) is 2.18. The van der Waals surface area contributed by atoms with E-state index in [2.05, 4.69) is 0 Å². The van der Waals surface area contributed by atoms with Crippen LogP contribution in [0.3, 0.4) is 0 Å². The molecule has 0 bridgehead atoms. The summed E-state index contributed by atoms with van der Waals surface area (Å²) in [4.78, 5) is 0. The van der Waals surface area contributed by atoms with E-state index in [1.54, 1.807) is 0 Å². The Morgan fingerprint density at radius 3 is 2.36 bits per heavy atom. The lowest BCUT2D eigenvalue weighted by molar-refractivity contribution is -0.234. The van der Waals surface area contributed by atoms with Gasteiger partial charge in [0, 0.05) is 0 Å². The summed E-state index contributed by atoms with van der Waals surface area (Å²) in [6.45, 7) is 1.47. The molecule has 14 heavy (non-hydrogen) atoms. The van der Waals surface area contributed by atoms with Gasteiger partial charge in [0.2, 0.25) is 0 Å². The minimum atomic E-state index is -1.15. The Morgan fingerprint density at radius 1 is 1.21 bits per heavy atom. The summed E-state index contributed by atoms with van der Waals surface area (Å²) in [5.41, 5.74) is 0. The van der Waals surface area contributed by atoms with Gasteiger partial charge in [0.1, 0.15) is 12.2 Å². The molecule has 1 heterocycles. The van der Waals surface area contributed by atoms with Crippen molar-refractivity contribution in [3.05, 3.63) is 0 Å². The second-order valence-electron chi connectivity index (χ2n) is 3.15. The molecule has 0 aromatic heterocycles. The minimum Gasteiger partial charge on any atom is -0.394 e. The van der Waals surface area contributed by atoms with E-state index in [-0.39, 0.29) is 0 Å². The molecule has 4 N–H and O–H groups in total. The van der Waals surface area contributed by atoms with E-state index in [0.717, 1.165) is 0 Å². The van der Waals surface area contributed by atoms with E-state index in [0.29, 0.717) is 5.75 Å². The van der Waals surface area contributed by atoms with Gasteiger partial charge in [-0.3, -0.25) is 0 Å². The molecule has 1 saturated heterocycles. The van der Waals surface area contributed by atoms with Crippen LogP contribution in [0.5, 0.6) is 0 Å². The number of hydrogen-bond acceptors (Lipinski definition) is 6. The molecule has 0 aromatic rings. The molecule has 1 aliphatic heterocycles. The van der Waals surface area contributed by atoms with Crippen LogP contribution < -0.4 is 0 Å². The maximum atomic E-state index is 9.62. The molecule has 0 aliphatic carbocycles. The van der Waals surface area contributed by atoms with Crippen molar-refractivity contribution in [3.63, 3.8) is 0 Å². The van der Waals surface area contributed by atoms with Gasteiger partial charge in [-0.1, -0.05) is 6.92 Å². The SMILES string of the molecule is CCS[C@H]1[C@H](O)[C@H](O)[C@H](CO)O[C@@H]1O. The predicted octanol–water partition coefficient (Wildman–Crippen LogP) is -1.46. The van der Waals surface area contributed by atoms with E-state index in [1.165, 1.54) is 11.8 Å². The molecular formula is C8H16O5S. The van der Waals surface area contributed by atoms with Crippen LogP contribution in [0.1, 0.15) is 6.92 Å². The monoisotopic (exact) mass is 224 g/mol. The molecule has 0 unspecified atom stereocenters. The summed E-state index contributed by atoms with van der Waals surface area (Å²) in [5.74, 6) is 0.707. The van der Waals surface area contributed by atoms with Crippen molar-refractivity contribution in [1.82, 2.24) is 0 Å². The fourth-order valence-corrected chi connectivity index (χ4v) is 2.42. The van der Waals surface area contributed by atoms with Crippen LogP contribution in [0.15, 0.2) is 0 Å². The Morgan fingerprint density at radius 2 is 1.86 bits per heavy atom. The summed E-state index contributed by atoms with van der Waals surface area (Å²) in [6, 6.07) is 0. The number of rotatable bonds is 3. The van der Waals surface area contributed by atoms with E-state index < -0.39 is 36.5 Å². The van der Waals surface area contributed by atoms with Crippen LogP contribution in [-0.4, -0.2) is 62.6 Å². The van der Waals surface area contributed by atoms with Gasteiger partial charge in [0.25, 0.3) is 0 Å². The van der Waals surface area contributed by atoms with Crippen molar-refractivity contribution in [2.45, 2.75) is 36.8 Å². The topological polar surface area (TPSA) is 90.2 Å². The Labute approximate surface area is 86.7 Å². The van der Waals surface area contributed by atoms with Crippen LogP contribution in [0, 0.1) is 0 Å². The van der Waals surface area contributed by atoms with E-state index >= 15 is 0 Å². The van der Waals surface area contributed by atoms with Crippen molar-refractivity contribution in [1.29, 1.82) is 0 Å². The van der Waals surface area contributed by atoms with Gasteiger partial charge in [-0.05, 0) is 5.75 Å². The normalized spacial score (nSPS) is 43.9. The lowest BCUT2D eigenvalue weighted by atomic mass is 10.0. The number of ether oxygens (including phenoxy) is 1. The zero-order valence-electron chi connectivity index (χ0n) is 7.91. The second kappa shape index (κ2) is 5.29. The van der Waals surface area contributed by atoms with Crippen molar-refractivity contribution < 1.29 is 25.2 Å². The van der Waals surface area contributed by atoms with Gasteiger partial charge in [-0.15, -0.1) is 0 Å². The molecule has 1 rings (SSSR count). The molecule has 0 amide bonds. The quantitative estimate of drug-likeness (QED) is 0.468. The molecule has 5 nitrogen and oxygen atoms in total. The molecule has 0 radical (unpaired) electrons. The second-order valence-corrected chi connectivity index (χ2v) is 4.60. The molecule has 5 atom stereocenters. The average molecular weight is 224 g/mol. The van der Waals surface area contributed by atoms with Crippen molar-refractivity contribution in [2.24, 2.45) is 0 Å². The van der Waals surface area contributed by atoms with E-state index in [9.17, 15) is 15.3 Å². The fourth-order valence-electron chi connectivity index (χ4n) is 1.44. The third kappa shape index (κ3) is 2.39. The smallest absolute Gasteiger partial charge is 0.169 e. The molecule has 1 fully saturated rings. The van der Waals surface area contributed by atoms with Gasteiger partial charge in [-0.2, -0.15) is 11.8 Å². The molecule has 1 aliphatic rings. The third-order valence-corrected chi connectivity index (χ3v) is 3.43. The number of aliphatic hydroxyl groups is 4. The van der Waals surface area contributed by atoms with Crippen LogP contribution >= 0.6 is 11.8 Å². The van der Waals surface area contributed by atoms with Crippen molar-refractivity contribution in [3.8, 4) is 0 Å². The highest BCUT2D eigenvalue weighted by molar-refractivity contribution is 7.99. The summed E-state index contributed by atoms with van der Waals surface area (Å²) in [6.07, 6.45) is -4.27. The first-order valence-electron chi connectivity index (χ1n) is 4.54. The van der Waals surface area contributed by atoms with Crippen molar-refractivity contribution in [2.75, 3.05) is 12.4 Å². The first-order valence-corrected chi connectivity index (χ1v) is 5.58. The summed E-state index contributed by atoms with van der Waals surface area (Å²) in [7, 11) is 0. The molecule has 0 spiro atoms. The fraction of sp³-hybridized carbons (Fsp3) is 1.00. The lowest BCUT2D eigenvalue weighted by Gasteiger charge is -2.39. The molecule has 0 aromatic carbocycles. The van der Waals surface area contributed by atoms with Gasteiger partial charge >= 0.3 is 0 Å². The molecule has 0 saturated carbocycles. The molecule has 6 heteroatoms.